The molecule has 0 radical (unpaired) electrons. The minimum absolute atomic E-state index is 0.0134. The Bertz CT molecular complexity index is 365. The predicted molar refractivity (Wildman–Crippen MR) is 74.2 cm³/mol. The summed E-state index contributed by atoms with van der Waals surface area (Å²) in [6, 6.07) is 7.54. The molecular formula is C14H22N2O3. The van der Waals surface area contributed by atoms with Crippen molar-refractivity contribution in [1.82, 2.24) is 5.32 Å². The summed E-state index contributed by atoms with van der Waals surface area (Å²) in [5.74, 6) is 0.808. The van der Waals surface area contributed by atoms with E-state index in [0.717, 1.165) is 11.3 Å². The first-order valence-corrected chi connectivity index (χ1v) is 6.52. The van der Waals surface area contributed by atoms with Crippen LogP contribution in [0.25, 0.3) is 0 Å². The molecule has 0 bridgehead atoms. The molecule has 0 saturated heterocycles. The van der Waals surface area contributed by atoms with Crippen molar-refractivity contribution in [2.24, 2.45) is 5.73 Å². The predicted octanol–water partition coefficient (Wildman–Crippen LogP) is 0.719. The molecule has 0 aliphatic rings. The molecule has 0 aliphatic heterocycles. The van der Waals surface area contributed by atoms with Crippen LogP contribution >= 0.6 is 0 Å². The number of amides is 1. The van der Waals surface area contributed by atoms with Gasteiger partial charge in [-0.25, -0.2) is 0 Å². The van der Waals surface area contributed by atoms with Gasteiger partial charge in [0.05, 0.1) is 26.2 Å². The van der Waals surface area contributed by atoms with E-state index in [0.29, 0.717) is 39.3 Å². The molecule has 19 heavy (non-hydrogen) atoms. The van der Waals surface area contributed by atoms with E-state index in [4.69, 9.17) is 15.2 Å². The molecule has 0 aliphatic carbocycles. The molecule has 106 valence electrons. The van der Waals surface area contributed by atoms with Gasteiger partial charge in [-0.15, -0.1) is 0 Å². The van der Waals surface area contributed by atoms with Gasteiger partial charge in [0.2, 0.25) is 5.91 Å². The maximum absolute atomic E-state index is 11.6. The standard InChI is InChI=1S/C14H22N2O3/c1-2-19-13-5-3-12(4-6-13)11-14(17)16-8-10-18-9-7-15/h3-6H,2,7-11,15H2,1H3,(H,16,17). The number of hydrogen-bond donors (Lipinski definition) is 2. The molecule has 1 rings (SSSR count). The maximum Gasteiger partial charge on any atom is 0.224 e. The second-order valence-electron chi connectivity index (χ2n) is 4.00. The van der Waals surface area contributed by atoms with Crippen molar-refractivity contribution < 1.29 is 14.3 Å². The lowest BCUT2D eigenvalue weighted by molar-refractivity contribution is -0.120. The number of hydrogen-bond acceptors (Lipinski definition) is 4. The van der Waals surface area contributed by atoms with E-state index < -0.39 is 0 Å². The Kier molecular flexibility index (Phi) is 7.62. The maximum atomic E-state index is 11.6. The van der Waals surface area contributed by atoms with Crippen molar-refractivity contribution in [3.8, 4) is 5.75 Å². The average Bonchev–Trinajstić information content (AvgIpc) is 2.41. The van der Waals surface area contributed by atoms with E-state index in [1.165, 1.54) is 0 Å². The van der Waals surface area contributed by atoms with Crippen LogP contribution in [-0.2, 0) is 16.0 Å². The van der Waals surface area contributed by atoms with E-state index in [9.17, 15) is 4.79 Å². The highest BCUT2D eigenvalue weighted by molar-refractivity contribution is 5.78. The second kappa shape index (κ2) is 9.35. The third-order valence-electron chi connectivity index (χ3n) is 2.43. The van der Waals surface area contributed by atoms with Crippen LogP contribution in [-0.4, -0.2) is 38.8 Å². The van der Waals surface area contributed by atoms with Crippen LogP contribution in [0.4, 0.5) is 0 Å². The van der Waals surface area contributed by atoms with Crippen molar-refractivity contribution in [2.45, 2.75) is 13.3 Å². The minimum atomic E-state index is -0.0134. The van der Waals surface area contributed by atoms with Gasteiger partial charge in [-0.3, -0.25) is 4.79 Å². The lowest BCUT2D eigenvalue weighted by Crippen LogP contribution is -2.29. The van der Waals surface area contributed by atoms with Crippen molar-refractivity contribution in [1.29, 1.82) is 0 Å². The van der Waals surface area contributed by atoms with Crippen molar-refractivity contribution in [3.05, 3.63) is 29.8 Å². The van der Waals surface area contributed by atoms with Crippen LogP contribution < -0.4 is 15.8 Å². The first kappa shape index (κ1) is 15.5. The van der Waals surface area contributed by atoms with E-state index in [-0.39, 0.29) is 5.91 Å². The molecule has 1 aromatic rings. The number of ether oxygens (including phenoxy) is 2. The van der Waals surface area contributed by atoms with Crippen molar-refractivity contribution in [3.63, 3.8) is 0 Å². The average molecular weight is 266 g/mol. The molecule has 0 fully saturated rings. The number of benzene rings is 1. The number of rotatable bonds is 9. The summed E-state index contributed by atoms with van der Waals surface area (Å²) in [6.45, 7) is 4.60. The summed E-state index contributed by atoms with van der Waals surface area (Å²) in [6.07, 6.45) is 0.364. The van der Waals surface area contributed by atoms with Crippen LogP contribution in [0.2, 0.25) is 0 Å². The lowest BCUT2D eigenvalue weighted by Gasteiger charge is -2.07. The Morgan fingerprint density at radius 1 is 1.26 bits per heavy atom. The fourth-order valence-electron chi connectivity index (χ4n) is 1.57. The molecule has 3 N–H and O–H groups in total. The Morgan fingerprint density at radius 2 is 2.00 bits per heavy atom. The number of carbonyl (C=O) groups excluding carboxylic acids is 1. The first-order chi connectivity index (χ1) is 9.26. The van der Waals surface area contributed by atoms with Gasteiger partial charge in [-0.2, -0.15) is 0 Å². The second-order valence-corrected chi connectivity index (χ2v) is 4.00. The van der Waals surface area contributed by atoms with Crippen LogP contribution in [0.15, 0.2) is 24.3 Å². The molecule has 0 aromatic heterocycles. The fraction of sp³-hybridized carbons (Fsp3) is 0.500. The Balaban J connectivity index is 2.24. The zero-order valence-electron chi connectivity index (χ0n) is 11.4. The molecule has 1 amide bonds. The normalized spacial score (nSPS) is 10.2. The van der Waals surface area contributed by atoms with Gasteiger partial charge in [0, 0.05) is 13.1 Å². The van der Waals surface area contributed by atoms with E-state index in [2.05, 4.69) is 5.32 Å². The quantitative estimate of drug-likeness (QED) is 0.646. The highest BCUT2D eigenvalue weighted by Crippen LogP contribution is 2.12. The van der Waals surface area contributed by atoms with Crippen molar-refractivity contribution in [2.75, 3.05) is 32.9 Å². The van der Waals surface area contributed by atoms with Crippen molar-refractivity contribution >= 4 is 5.91 Å². The molecule has 0 atom stereocenters. The van der Waals surface area contributed by atoms with Gasteiger partial charge < -0.3 is 20.5 Å². The molecule has 5 nitrogen and oxygen atoms in total. The lowest BCUT2D eigenvalue weighted by atomic mass is 10.1. The first-order valence-electron chi connectivity index (χ1n) is 6.52. The molecular weight excluding hydrogens is 244 g/mol. The van der Waals surface area contributed by atoms with Gasteiger partial charge in [-0.1, -0.05) is 12.1 Å². The minimum Gasteiger partial charge on any atom is -0.494 e. The van der Waals surface area contributed by atoms with Gasteiger partial charge >= 0.3 is 0 Å². The molecule has 0 saturated carbocycles. The third kappa shape index (κ3) is 6.79. The summed E-state index contributed by atoms with van der Waals surface area (Å²) in [5.41, 5.74) is 6.25. The molecule has 0 unspecified atom stereocenters. The zero-order chi connectivity index (χ0) is 13.9. The fourth-order valence-corrected chi connectivity index (χ4v) is 1.57. The van der Waals surface area contributed by atoms with Gasteiger partial charge in [0.25, 0.3) is 0 Å². The Labute approximate surface area is 114 Å². The topological polar surface area (TPSA) is 73.6 Å². The van der Waals surface area contributed by atoms with Crippen LogP contribution in [0.5, 0.6) is 5.75 Å². The zero-order valence-corrected chi connectivity index (χ0v) is 11.4. The largest absolute Gasteiger partial charge is 0.494 e. The van der Waals surface area contributed by atoms with Gasteiger partial charge in [-0.05, 0) is 24.6 Å². The van der Waals surface area contributed by atoms with E-state index in [1.807, 2.05) is 31.2 Å². The molecule has 1 aromatic carbocycles. The SMILES string of the molecule is CCOc1ccc(CC(=O)NCCOCCN)cc1. The summed E-state index contributed by atoms with van der Waals surface area (Å²) < 4.78 is 10.5. The number of carbonyl (C=O) groups is 1. The summed E-state index contributed by atoms with van der Waals surface area (Å²) in [7, 11) is 0. The summed E-state index contributed by atoms with van der Waals surface area (Å²) in [4.78, 5) is 11.6. The molecule has 0 spiro atoms. The van der Waals surface area contributed by atoms with E-state index >= 15 is 0 Å². The van der Waals surface area contributed by atoms with Crippen LogP contribution in [0, 0.1) is 0 Å². The van der Waals surface area contributed by atoms with Gasteiger partial charge in [0.1, 0.15) is 5.75 Å². The molecule has 5 heteroatoms. The number of nitrogens with two attached hydrogens (primary N) is 1. The number of nitrogens with one attached hydrogen (secondary N) is 1. The Hall–Kier alpha value is -1.59. The highest BCUT2D eigenvalue weighted by atomic mass is 16.5. The highest BCUT2D eigenvalue weighted by Gasteiger charge is 2.03. The summed E-state index contributed by atoms with van der Waals surface area (Å²) >= 11 is 0. The Morgan fingerprint density at radius 3 is 2.63 bits per heavy atom. The smallest absolute Gasteiger partial charge is 0.224 e. The summed E-state index contributed by atoms with van der Waals surface area (Å²) in [5, 5.41) is 2.79. The third-order valence-corrected chi connectivity index (χ3v) is 2.43. The monoisotopic (exact) mass is 266 g/mol. The van der Waals surface area contributed by atoms with Gasteiger partial charge in [0.15, 0.2) is 0 Å². The molecule has 0 heterocycles. The van der Waals surface area contributed by atoms with Crippen LogP contribution in [0.3, 0.4) is 0 Å². The van der Waals surface area contributed by atoms with E-state index in [1.54, 1.807) is 0 Å². The van der Waals surface area contributed by atoms with Crippen LogP contribution in [0.1, 0.15) is 12.5 Å².